The number of carboxylic acids is 2. The molecule has 8 nitrogen and oxygen atoms in total. The Balaban J connectivity index is 2.66. The molecular weight excluding hydrogens is 412 g/mol. The Morgan fingerprint density at radius 1 is 1.09 bits per heavy atom. The van der Waals surface area contributed by atoms with Crippen LogP contribution in [0.2, 0.25) is 0 Å². The van der Waals surface area contributed by atoms with Crippen LogP contribution in [0.15, 0.2) is 52.9 Å². The van der Waals surface area contributed by atoms with Gasteiger partial charge in [0.2, 0.25) is 0 Å². The van der Waals surface area contributed by atoms with Crippen molar-refractivity contribution in [3.05, 3.63) is 64.0 Å². The fourth-order valence-corrected chi connectivity index (χ4v) is 3.60. The Morgan fingerprint density at radius 3 is 2.22 bits per heavy atom. The summed E-state index contributed by atoms with van der Waals surface area (Å²) in [6.45, 7) is 7.17. The Hall–Kier alpha value is -3.39. The molecule has 1 aliphatic rings. The van der Waals surface area contributed by atoms with Gasteiger partial charge in [0, 0.05) is 24.0 Å². The summed E-state index contributed by atoms with van der Waals surface area (Å²) in [5.41, 5.74) is 1.03. The fourth-order valence-electron chi connectivity index (χ4n) is 3.60. The minimum Gasteiger partial charge on any atom is -0.478 e. The first-order valence-corrected chi connectivity index (χ1v) is 10.1. The topological polar surface area (TPSA) is 116 Å². The predicted octanol–water partition coefficient (Wildman–Crippen LogP) is 2.99. The zero-order chi connectivity index (χ0) is 24.2. The van der Waals surface area contributed by atoms with Crippen LogP contribution in [-0.4, -0.2) is 59.3 Å². The summed E-state index contributed by atoms with van der Waals surface area (Å²) in [6.07, 6.45) is 2.78. The number of carbonyl (C=O) groups is 3. The number of nitrogens with zero attached hydrogens (tertiary/aromatic N) is 1. The predicted molar refractivity (Wildman–Crippen MR) is 121 cm³/mol. The van der Waals surface area contributed by atoms with Gasteiger partial charge in [-0.2, -0.15) is 0 Å². The minimum atomic E-state index is -1.21. The number of carboxylic acid groups (broad SMARTS) is 2. The van der Waals surface area contributed by atoms with Crippen molar-refractivity contribution in [2.24, 2.45) is 0 Å². The van der Waals surface area contributed by atoms with Gasteiger partial charge in [0.05, 0.1) is 17.1 Å². The van der Waals surface area contributed by atoms with Crippen molar-refractivity contribution in [3.63, 3.8) is 0 Å². The molecule has 0 radical (unpaired) electrons. The maximum Gasteiger partial charge on any atom is 0.334 e. The molecule has 0 spiro atoms. The number of allylic oxidation sites excluding steroid dienone is 1. The number of benzene rings is 1. The largest absolute Gasteiger partial charge is 0.478 e. The van der Waals surface area contributed by atoms with Crippen LogP contribution >= 0.6 is 0 Å². The third-order valence-corrected chi connectivity index (χ3v) is 4.69. The van der Waals surface area contributed by atoms with Crippen molar-refractivity contribution in [2.45, 2.75) is 39.2 Å². The summed E-state index contributed by atoms with van der Waals surface area (Å²) in [4.78, 5) is 38.4. The molecule has 0 aliphatic carbocycles. The van der Waals surface area contributed by atoms with Crippen molar-refractivity contribution in [3.8, 4) is 0 Å². The van der Waals surface area contributed by atoms with E-state index in [1.807, 2.05) is 0 Å². The quantitative estimate of drug-likeness (QED) is 0.436. The van der Waals surface area contributed by atoms with E-state index in [0.29, 0.717) is 22.5 Å². The van der Waals surface area contributed by atoms with Crippen molar-refractivity contribution >= 4 is 24.0 Å². The second-order valence-electron chi connectivity index (χ2n) is 8.83. The van der Waals surface area contributed by atoms with Gasteiger partial charge >= 0.3 is 17.9 Å². The number of ether oxygens (including phenoxy) is 1. The Morgan fingerprint density at radius 2 is 1.69 bits per heavy atom. The van der Waals surface area contributed by atoms with E-state index in [1.54, 1.807) is 71.0 Å². The number of likely N-dealkylation sites (N-methyl/N-ethyl adjacent to an activating group) is 1. The van der Waals surface area contributed by atoms with E-state index < -0.39 is 29.4 Å². The lowest BCUT2D eigenvalue weighted by atomic mass is 9.78. The maximum absolute atomic E-state index is 12.3. The summed E-state index contributed by atoms with van der Waals surface area (Å²) < 4.78 is 5.29. The molecule has 0 fully saturated rings. The molecule has 1 aromatic rings. The molecule has 8 heteroatoms. The van der Waals surface area contributed by atoms with Gasteiger partial charge in [-0.25, -0.2) is 14.4 Å². The molecule has 0 bridgehead atoms. The first-order chi connectivity index (χ1) is 14.8. The van der Waals surface area contributed by atoms with Crippen LogP contribution in [0.5, 0.6) is 0 Å². The second kappa shape index (κ2) is 9.82. The first kappa shape index (κ1) is 24.9. The van der Waals surface area contributed by atoms with E-state index in [9.17, 15) is 24.6 Å². The van der Waals surface area contributed by atoms with E-state index in [1.165, 1.54) is 12.2 Å². The standard InChI is InChI=1S/C24H30N2O6/c1-14-19(22(28)29)20(21(23(30)31)17(25-14)13-26(5)6)16-10-8-7-9-15(16)11-12-18(27)32-24(2,3)4/h7-12,20,25H,13H2,1-6H3,(H,28,29)(H,30,31)/b12-11+. The number of dihydropyridines is 1. The highest BCUT2D eigenvalue weighted by Gasteiger charge is 2.38. The van der Waals surface area contributed by atoms with Crippen LogP contribution in [0.1, 0.15) is 44.7 Å². The molecule has 0 saturated heterocycles. The van der Waals surface area contributed by atoms with Crippen LogP contribution < -0.4 is 5.32 Å². The highest BCUT2D eigenvalue weighted by molar-refractivity contribution is 5.99. The molecular formula is C24H30N2O6. The van der Waals surface area contributed by atoms with Gasteiger partial charge in [0.15, 0.2) is 0 Å². The van der Waals surface area contributed by atoms with Crippen LogP contribution in [0.3, 0.4) is 0 Å². The molecule has 0 amide bonds. The summed E-state index contributed by atoms with van der Waals surface area (Å²) in [7, 11) is 3.60. The van der Waals surface area contributed by atoms with Gasteiger partial charge < -0.3 is 25.2 Å². The number of esters is 1. The molecule has 1 aromatic carbocycles. The number of nitrogens with one attached hydrogen (secondary N) is 1. The second-order valence-corrected chi connectivity index (χ2v) is 8.83. The minimum absolute atomic E-state index is 0.0418. The normalized spacial score (nSPS) is 17.0. The van der Waals surface area contributed by atoms with Crippen LogP contribution in [0.25, 0.3) is 6.08 Å². The lowest BCUT2D eigenvalue weighted by Crippen LogP contribution is -2.36. The Bertz CT molecular complexity index is 1010. The number of aliphatic carboxylic acids is 2. The van der Waals surface area contributed by atoms with Crippen molar-refractivity contribution in [2.75, 3.05) is 20.6 Å². The summed E-state index contributed by atoms with van der Waals surface area (Å²) >= 11 is 0. The van der Waals surface area contributed by atoms with Crippen molar-refractivity contribution in [1.29, 1.82) is 0 Å². The van der Waals surface area contributed by atoms with Crippen molar-refractivity contribution < 1.29 is 29.3 Å². The molecule has 1 unspecified atom stereocenters. The number of hydrogen-bond acceptors (Lipinski definition) is 6. The molecule has 2 rings (SSSR count). The molecule has 172 valence electrons. The van der Waals surface area contributed by atoms with E-state index in [2.05, 4.69) is 5.32 Å². The smallest absolute Gasteiger partial charge is 0.334 e. The van der Waals surface area contributed by atoms with Gasteiger partial charge in [-0.05, 0) is 59.0 Å². The molecule has 0 aromatic heterocycles. The zero-order valence-corrected chi connectivity index (χ0v) is 19.2. The summed E-state index contributed by atoms with van der Waals surface area (Å²) in [5, 5.41) is 22.9. The van der Waals surface area contributed by atoms with Crippen LogP contribution in [-0.2, 0) is 19.1 Å². The molecule has 0 saturated carbocycles. The monoisotopic (exact) mass is 442 g/mol. The van der Waals surface area contributed by atoms with Crippen molar-refractivity contribution in [1.82, 2.24) is 10.2 Å². The Labute approximate surface area is 187 Å². The molecule has 1 atom stereocenters. The molecule has 1 aliphatic heterocycles. The number of hydrogen-bond donors (Lipinski definition) is 3. The van der Waals surface area contributed by atoms with Gasteiger partial charge in [0.25, 0.3) is 0 Å². The zero-order valence-electron chi connectivity index (χ0n) is 19.2. The molecule has 1 heterocycles. The van der Waals surface area contributed by atoms with Gasteiger partial charge in [-0.1, -0.05) is 24.3 Å². The van der Waals surface area contributed by atoms with Crippen LogP contribution in [0.4, 0.5) is 0 Å². The fraction of sp³-hybridized carbons (Fsp3) is 0.375. The number of carbonyl (C=O) groups excluding carboxylic acids is 1. The maximum atomic E-state index is 12.3. The van der Waals surface area contributed by atoms with Gasteiger partial charge in [-0.3, -0.25) is 0 Å². The highest BCUT2D eigenvalue weighted by atomic mass is 16.6. The first-order valence-electron chi connectivity index (χ1n) is 10.1. The van der Waals surface area contributed by atoms with E-state index in [0.717, 1.165) is 0 Å². The Kier molecular flexibility index (Phi) is 7.64. The average molecular weight is 443 g/mol. The average Bonchev–Trinajstić information content (AvgIpc) is 2.63. The molecule has 3 N–H and O–H groups in total. The summed E-state index contributed by atoms with van der Waals surface area (Å²) in [5.74, 6) is -4.00. The lowest BCUT2D eigenvalue weighted by Gasteiger charge is -2.31. The van der Waals surface area contributed by atoms with E-state index in [-0.39, 0.29) is 17.7 Å². The molecule has 32 heavy (non-hydrogen) atoms. The van der Waals surface area contributed by atoms with Crippen LogP contribution in [0, 0.1) is 0 Å². The highest BCUT2D eigenvalue weighted by Crippen LogP contribution is 2.40. The SMILES string of the molecule is CC1=C(C(=O)O)C(c2ccccc2/C=C/C(=O)OC(C)(C)C)C(C(=O)O)=C(CN(C)C)N1. The number of rotatable bonds is 7. The third-order valence-electron chi connectivity index (χ3n) is 4.69. The third kappa shape index (κ3) is 6.07. The summed E-state index contributed by atoms with van der Waals surface area (Å²) in [6, 6.07) is 6.83. The van der Waals surface area contributed by atoms with E-state index in [4.69, 9.17) is 4.74 Å². The van der Waals surface area contributed by atoms with E-state index >= 15 is 0 Å². The van der Waals surface area contributed by atoms with Gasteiger partial charge in [-0.15, -0.1) is 0 Å². The van der Waals surface area contributed by atoms with Gasteiger partial charge in [0.1, 0.15) is 5.60 Å². The lowest BCUT2D eigenvalue weighted by molar-refractivity contribution is -0.148.